The highest BCUT2D eigenvalue weighted by Crippen LogP contribution is 2.36. The topological polar surface area (TPSA) is 58.4 Å². The van der Waals surface area contributed by atoms with E-state index in [0.29, 0.717) is 18.9 Å². The van der Waals surface area contributed by atoms with Gasteiger partial charge < -0.3 is 14.4 Å². The molecule has 2 aliphatic rings. The molecule has 1 aromatic heterocycles. The van der Waals surface area contributed by atoms with Crippen LogP contribution in [0.2, 0.25) is 0 Å². The van der Waals surface area contributed by atoms with Crippen molar-refractivity contribution < 1.29 is 9.59 Å². The Hall–Kier alpha value is -3.15. The van der Waals surface area contributed by atoms with E-state index in [1.165, 1.54) is 0 Å². The molecule has 0 aliphatic carbocycles. The lowest BCUT2D eigenvalue weighted by Crippen LogP contribution is -2.40. The molecule has 6 nitrogen and oxygen atoms in total. The molecule has 6 heteroatoms. The second-order valence-electron chi connectivity index (χ2n) is 9.75. The summed E-state index contributed by atoms with van der Waals surface area (Å²) in [6, 6.07) is 14.1. The third kappa shape index (κ3) is 4.03. The molecule has 172 valence electrons. The number of piperidine rings is 1. The van der Waals surface area contributed by atoms with Gasteiger partial charge in [0.1, 0.15) is 12.4 Å². The van der Waals surface area contributed by atoms with Crippen molar-refractivity contribution in [3.8, 4) is 0 Å². The molecule has 1 atom stereocenters. The third-order valence-corrected chi connectivity index (χ3v) is 7.31. The van der Waals surface area contributed by atoms with Crippen LogP contribution in [-0.2, 0) is 16.1 Å². The molecule has 0 N–H and O–H groups in total. The van der Waals surface area contributed by atoms with Gasteiger partial charge in [-0.1, -0.05) is 37.3 Å². The average molecular weight is 445 g/mol. The maximum atomic E-state index is 13.2. The predicted molar refractivity (Wildman–Crippen MR) is 130 cm³/mol. The van der Waals surface area contributed by atoms with E-state index in [9.17, 15) is 9.59 Å². The number of imidazole rings is 1. The Labute approximate surface area is 195 Å². The summed E-state index contributed by atoms with van der Waals surface area (Å²) in [5.41, 5.74) is 5.06. The van der Waals surface area contributed by atoms with E-state index in [4.69, 9.17) is 4.98 Å². The summed E-state index contributed by atoms with van der Waals surface area (Å²) in [5, 5.41) is 0. The maximum absolute atomic E-state index is 13.2. The Morgan fingerprint density at radius 1 is 1.03 bits per heavy atom. The highest BCUT2D eigenvalue weighted by Gasteiger charge is 2.36. The Kier molecular flexibility index (Phi) is 5.69. The molecule has 0 radical (unpaired) electrons. The summed E-state index contributed by atoms with van der Waals surface area (Å²) in [6.07, 6.45) is 2.53. The molecule has 2 saturated heterocycles. The minimum atomic E-state index is -0.0434. The summed E-state index contributed by atoms with van der Waals surface area (Å²) in [6.45, 7) is 8.87. The van der Waals surface area contributed by atoms with Crippen LogP contribution in [0.15, 0.2) is 42.5 Å². The van der Waals surface area contributed by atoms with Gasteiger partial charge in [0.2, 0.25) is 11.8 Å². The molecule has 0 bridgehead atoms. The molecule has 0 spiro atoms. The van der Waals surface area contributed by atoms with Crippen LogP contribution in [0.3, 0.4) is 0 Å². The molecule has 0 saturated carbocycles. The normalized spacial score (nSPS) is 19.6. The first kappa shape index (κ1) is 21.7. The lowest BCUT2D eigenvalue weighted by molar-refractivity contribution is -0.133. The number of nitrogens with zero attached hydrogens (tertiary/aromatic N) is 4. The molecular weight excluding hydrogens is 412 g/mol. The van der Waals surface area contributed by atoms with Gasteiger partial charge in [-0.05, 0) is 55.9 Å². The fraction of sp³-hybridized carbons (Fsp3) is 0.444. The lowest BCUT2D eigenvalue weighted by Gasteiger charge is -2.30. The number of hydrogen-bond donors (Lipinski definition) is 0. The number of carbonyl (C=O) groups is 2. The molecule has 2 aliphatic heterocycles. The zero-order valence-electron chi connectivity index (χ0n) is 19.8. The van der Waals surface area contributed by atoms with Gasteiger partial charge in [0.05, 0.1) is 11.0 Å². The Morgan fingerprint density at radius 2 is 1.73 bits per heavy atom. The van der Waals surface area contributed by atoms with E-state index in [0.717, 1.165) is 59.6 Å². The number of anilines is 1. The average Bonchev–Trinajstić information content (AvgIpc) is 3.35. The summed E-state index contributed by atoms with van der Waals surface area (Å²) >= 11 is 0. The van der Waals surface area contributed by atoms with Crippen molar-refractivity contribution in [1.29, 1.82) is 0 Å². The first-order chi connectivity index (χ1) is 15.9. The standard InChI is InChI=1S/C27H32N4O2/c1-18-11-13-29(14-12-18)25(33)17-30-23-10-5-4-9-22(23)28-27(30)21-15-24(32)31(16-21)26-19(2)7-6-8-20(26)3/h4-10,18,21H,11-17H2,1-3H3/t21-/m1/s1. The molecule has 33 heavy (non-hydrogen) atoms. The van der Waals surface area contributed by atoms with E-state index in [-0.39, 0.29) is 24.3 Å². The van der Waals surface area contributed by atoms with Gasteiger partial charge >= 0.3 is 0 Å². The highest BCUT2D eigenvalue weighted by atomic mass is 16.2. The van der Waals surface area contributed by atoms with Gasteiger partial charge in [0, 0.05) is 37.7 Å². The minimum Gasteiger partial charge on any atom is -0.341 e. The number of carbonyl (C=O) groups excluding carboxylic acids is 2. The van der Waals surface area contributed by atoms with E-state index in [2.05, 4.69) is 37.5 Å². The molecule has 3 aromatic rings. The number of hydrogen-bond acceptors (Lipinski definition) is 3. The first-order valence-corrected chi connectivity index (χ1v) is 12.0. The minimum absolute atomic E-state index is 0.0434. The molecule has 2 aromatic carbocycles. The number of aryl methyl sites for hydroxylation is 2. The Morgan fingerprint density at radius 3 is 2.45 bits per heavy atom. The quantitative estimate of drug-likeness (QED) is 0.598. The Bertz CT molecular complexity index is 1190. The summed E-state index contributed by atoms with van der Waals surface area (Å²) < 4.78 is 2.06. The summed E-state index contributed by atoms with van der Waals surface area (Å²) in [5.74, 6) is 1.74. The van der Waals surface area contributed by atoms with Crippen LogP contribution in [0.4, 0.5) is 5.69 Å². The van der Waals surface area contributed by atoms with Gasteiger partial charge in [-0.2, -0.15) is 0 Å². The molecular formula is C27H32N4O2. The van der Waals surface area contributed by atoms with E-state index < -0.39 is 0 Å². The lowest BCUT2D eigenvalue weighted by atomic mass is 9.99. The fourth-order valence-electron chi connectivity index (χ4n) is 5.39. The highest BCUT2D eigenvalue weighted by molar-refractivity contribution is 5.98. The van der Waals surface area contributed by atoms with Crippen LogP contribution in [0.5, 0.6) is 0 Å². The van der Waals surface area contributed by atoms with Crippen LogP contribution in [0.1, 0.15) is 49.1 Å². The number of likely N-dealkylation sites (tertiary alicyclic amines) is 1. The van der Waals surface area contributed by atoms with Crippen LogP contribution in [-0.4, -0.2) is 45.9 Å². The van der Waals surface area contributed by atoms with Crippen molar-refractivity contribution in [2.24, 2.45) is 5.92 Å². The number of rotatable bonds is 4. The zero-order valence-corrected chi connectivity index (χ0v) is 19.8. The van der Waals surface area contributed by atoms with Gasteiger partial charge in [0.25, 0.3) is 0 Å². The number of aromatic nitrogens is 2. The van der Waals surface area contributed by atoms with Crippen LogP contribution in [0.25, 0.3) is 11.0 Å². The van der Waals surface area contributed by atoms with Crippen molar-refractivity contribution in [2.45, 2.75) is 52.5 Å². The van der Waals surface area contributed by atoms with Crippen molar-refractivity contribution in [1.82, 2.24) is 14.5 Å². The second-order valence-corrected chi connectivity index (χ2v) is 9.75. The summed E-state index contributed by atoms with van der Waals surface area (Å²) in [4.78, 5) is 35.1. The predicted octanol–water partition coefficient (Wildman–Crippen LogP) is 4.43. The molecule has 2 fully saturated rings. The second kappa shape index (κ2) is 8.65. The number of fused-ring (bicyclic) bond motifs is 1. The van der Waals surface area contributed by atoms with Crippen LogP contribution >= 0.6 is 0 Å². The van der Waals surface area contributed by atoms with Crippen LogP contribution in [0, 0.1) is 19.8 Å². The van der Waals surface area contributed by atoms with Gasteiger partial charge in [-0.15, -0.1) is 0 Å². The smallest absolute Gasteiger partial charge is 0.242 e. The number of para-hydroxylation sites is 3. The Balaban J connectivity index is 1.46. The first-order valence-electron chi connectivity index (χ1n) is 12.0. The summed E-state index contributed by atoms with van der Waals surface area (Å²) in [7, 11) is 0. The molecule has 5 rings (SSSR count). The van der Waals surface area contributed by atoms with E-state index in [1.807, 2.05) is 40.1 Å². The fourth-order valence-corrected chi connectivity index (χ4v) is 5.39. The SMILES string of the molecule is Cc1cccc(C)c1N1C[C@H](c2nc3ccccc3n2CC(=O)N2CCC(C)CC2)CC1=O. The largest absolute Gasteiger partial charge is 0.341 e. The molecule has 3 heterocycles. The number of benzene rings is 2. The van der Waals surface area contributed by atoms with Crippen molar-refractivity contribution >= 4 is 28.5 Å². The van der Waals surface area contributed by atoms with E-state index in [1.54, 1.807) is 0 Å². The maximum Gasteiger partial charge on any atom is 0.242 e. The van der Waals surface area contributed by atoms with Crippen molar-refractivity contribution in [3.63, 3.8) is 0 Å². The van der Waals surface area contributed by atoms with Gasteiger partial charge in [0.15, 0.2) is 0 Å². The van der Waals surface area contributed by atoms with Crippen LogP contribution < -0.4 is 4.90 Å². The number of amides is 2. The van der Waals surface area contributed by atoms with Crippen molar-refractivity contribution in [2.75, 3.05) is 24.5 Å². The monoisotopic (exact) mass is 444 g/mol. The molecule has 0 unspecified atom stereocenters. The van der Waals surface area contributed by atoms with Gasteiger partial charge in [-0.3, -0.25) is 9.59 Å². The van der Waals surface area contributed by atoms with E-state index >= 15 is 0 Å². The van der Waals surface area contributed by atoms with Gasteiger partial charge in [-0.25, -0.2) is 4.98 Å². The van der Waals surface area contributed by atoms with Crippen molar-refractivity contribution in [3.05, 3.63) is 59.4 Å². The third-order valence-electron chi connectivity index (χ3n) is 7.31. The molecule has 2 amide bonds. The zero-order chi connectivity index (χ0) is 23.1.